The zero-order valence-electron chi connectivity index (χ0n) is 15.6. The minimum absolute atomic E-state index is 0. The second-order valence-electron chi connectivity index (χ2n) is 5.78. The molecule has 1 N–H and O–H groups in total. The molecule has 2 aromatic carbocycles. The molecular formula is C20H26BrCl2NO3. The smallest absolute Gasteiger partial charge is 0.175 e. The Balaban J connectivity index is 0.00000364. The Morgan fingerprint density at radius 3 is 2.48 bits per heavy atom. The van der Waals surface area contributed by atoms with E-state index >= 15 is 0 Å². The number of hydrogen-bond donors (Lipinski definition) is 1. The first-order valence-corrected chi connectivity index (χ1v) is 9.83. The molecule has 0 aromatic heterocycles. The summed E-state index contributed by atoms with van der Waals surface area (Å²) < 4.78 is 17.7. The van der Waals surface area contributed by atoms with Gasteiger partial charge in [-0.25, -0.2) is 0 Å². The fraction of sp³-hybridized carbons (Fsp3) is 0.400. The Morgan fingerprint density at radius 1 is 1.07 bits per heavy atom. The monoisotopic (exact) mass is 477 g/mol. The molecule has 2 aromatic rings. The first-order chi connectivity index (χ1) is 12.6. The van der Waals surface area contributed by atoms with E-state index < -0.39 is 0 Å². The van der Waals surface area contributed by atoms with Gasteiger partial charge in [0.25, 0.3) is 0 Å². The van der Waals surface area contributed by atoms with Crippen LogP contribution in [0.3, 0.4) is 0 Å². The molecule has 0 atom stereocenters. The molecule has 0 saturated heterocycles. The van der Waals surface area contributed by atoms with E-state index in [9.17, 15) is 0 Å². The summed E-state index contributed by atoms with van der Waals surface area (Å²) in [6.45, 7) is 5.42. The largest absolute Gasteiger partial charge is 0.490 e. The van der Waals surface area contributed by atoms with Crippen molar-refractivity contribution in [2.45, 2.75) is 26.5 Å². The van der Waals surface area contributed by atoms with Crippen molar-refractivity contribution >= 4 is 39.9 Å². The summed E-state index contributed by atoms with van der Waals surface area (Å²) in [6, 6.07) is 11.7. The van der Waals surface area contributed by atoms with Gasteiger partial charge in [0, 0.05) is 25.3 Å². The Labute approximate surface area is 181 Å². The van der Waals surface area contributed by atoms with E-state index in [4.69, 9.17) is 25.8 Å². The quantitative estimate of drug-likeness (QED) is 0.425. The Kier molecular flexibility index (Phi) is 11.8. The summed E-state index contributed by atoms with van der Waals surface area (Å²) in [5.74, 6) is 1.45. The predicted molar refractivity (Wildman–Crippen MR) is 117 cm³/mol. The zero-order chi connectivity index (χ0) is 18.8. The normalized spacial score (nSPS) is 10.4. The van der Waals surface area contributed by atoms with E-state index in [0.29, 0.717) is 24.0 Å². The molecule has 0 aliphatic heterocycles. The lowest BCUT2D eigenvalue weighted by Gasteiger charge is -2.16. The molecule has 0 saturated carbocycles. The molecule has 27 heavy (non-hydrogen) atoms. The van der Waals surface area contributed by atoms with Crippen LogP contribution in [-0.4, -0.2) is 26.9 Å². The summed E-state index contributed by atoms with van der Waals surface area (Å²) in [4.78, 5) is 0. The van der Waals surface area contributed by atoms with Crippen molar-refractivity contribution < 1.29 is 14.2 Å². The van der Waals surface area contributed by atoms with Gasteiger partial charge in [0.15, 0.2) is 11.5 Å². The first kappa shape index (κ1) is 24.1. The maximum atomic E-state index is 6.01. The van der Waals surface area contributed by atoms with Crippen LogP contribution in [0.5, 0.6) is 11.5 Å². The van der Waals surface area contributed by atoms with Crippen LogP contribution in [0.2, 0.25) is 5.02 Å². The summed E-state index contributed by atoms with van der Waals surface area (Å²) >= 11 is 9.54. The molecule has 0 unspecified atom stereocenters. The van der Waals surface area contributed by atoms with Crippen molar-refractivity contribution in [3.05, 3.63) is 57.0 Å². The highest BCUT2D eigenvalue weighted by Crippen LogP contribution is 2.37. The van der Waals surface area contributed by atoms with Gasteiger partial charge >= 0.3 is 0 Å². The molecule has 7 heteroatoms. The molecule has 0 aliphatic rings. The third kappa shape index (κ3) is 8.28. The van der Waals surface area contributed by atoms with Crippen LogP contribution in [0.1, 0.15) is 24.5 Å². The lowest BCUT2D eigenvalue weighted by molar-refractivity contribution is 0.194. The van der Waals surface area contributed by atoms with Crippen LogP contribution in [0.15, 0.2) is 40.9 Å². The maximum absolute atomic E-state index is 6.01. The van der Waals surface area contributed by atoms with Gasteiger partial charge in [0.05, 0.1) is 11.1 Å². The van der Waals surface area contributed by atoms with Crippen LogP contribution >= 0.6 is 39.9 Å². The van der Waals surface area contributed by atoms with E-state index in [-0.39, 0.29) is 12.4 Å². The molecule has 0 aliphatic carbocycles. The highest BCUT2D eigenvalue weighted by Gasteiger charge is 2.12. The summed E-state index contributed by atoms with van der Waals surface area (Å²) in [5.41, 5.74) is 2.18. The second-order valence-corrected chi connectivity index (χ2v) is 7.07. The number of ether oxygens (including phenoxy) is 3. The van der Waals surface area contributed by atoms with Crippen LogP contribution < -0.4 is 14.8 Å². The third-order valence-electron chi connectivity index (χ3n) is 3.70. The first-order valence-electron chi connectivity index (χ1n) is 8.66. The van der Waals surface area contributed by atoms with Crippen LogP contribution in [0.25, 0.3) is 0 Å². The van der Waals surface area contributed by atoms with Crippen molar-refractivity contribution in [3.63, 3.8) is 0 Å². The minimum Gasteiger partial charge on any atom is -0.490 e. The van der Waals surface area contributed by atoms with Gasteiger partial charge < -0.3 is 19.5 Å². The zero-order valence-corrected chi connectivity index (χ0v) is 18.8. The van der Waals surface area contributed by atoms with Crippen LogP contribution in [0.4, 0.5) is 0 Å². The molecule has 2 rings (SSSR count). The minimum atomic E-state index is 0. The van der Waals surface area contributed by atoms with Gasteiger partial charge in [-0.3, -0.25) is 0 Å². The van der Waals surface area contributed by atoms with Crippen molar-refractivity contribution in [1.29, 1.82) is 0 Å². The third-order valence-corrected chi connectivity index (χ3v) is 4.54. The molecule has 0 radical (unpaired) electrons. The fourth-order valence-electron chi connectivity index (χ4n) is 2.44. The lowest BCUT2D eigenvalue weighted by atomic mass is 10.2. The lowest BCUT2D eigenvalue weighted by Crippen LogP contribution is -2.16. The maximum Gasteiger partial charge on any atom is 0.175 e. The molecule has 4 nitrogen and oxygen atoms in total. The fourth-order valence-corrected chi connectivity index (χ4v) is 3.17. The van der Waals surface area contributed by atoms with E-state index in [1.54, 1.807) is 7.11 Å². The summed E-state index contributed by atoms with van der Waals surface area (Å²) in [6.07, 6.45) is 0.984. The molecular weight excluding hydrogens is 453 g/mol. The topological polar surface area (TPSA) is 39.7 Å². The SMILES string of the molecule is CCOc1cc(CNCCCOC)cc(Br)c1OCc1ccc(Cl)cc1.Cl. The highest BCUT2D eigenvalue weighted by atomic mass is 79.9. The number of halogens is 3. The molecule has 150 valence electrons. The van der Waals surface area contributed by atoms with Gasteiger partial charge in [-0.05, 0) is 71.2 Å². The standard InChI is InChI=1S/C20H25BrClNO3.ClH/c1-3-25-19-12-16(13-23-9-4-10-24-2)11-18(21)20(19)26-14-15-5-7-17(22)8-6-15;/h5-8,11-12,23H,3-4,9-10,13-14H2,1-2H3;1H. The summed E-state index contributed by atoms with van der Waals surface area (Å²) in [7, 11) is 1.72. The molecule has 0 fully saturated rings. The van der Waals surface area contributed by atoms with Gasteiger partial charge in [0.2, 0.25) is 0 Å². The number of benzene rings is 2. The Hall–Kier alpha value is -0.980. The number of rotatable bonds is 11. The van der Waals surface area contributed by atoms with Gasteiger partial charge in [0.1, 0.15) is 6.61 Å². The highest BCUT2D eigenvalue weighted by molar-refractivity contribution is 9.10. The van der Waals surface area contributed by atoms with E-state index in [0.717, 1.165) is 47.5 Å². The average Bonchev–Trinajstić information content (AvgIpc) is 2.62. The molecule has 0 bridgehead atoms. The number of hydrogen-bond acceptors (Lipinski definition) is 4. The summed E-state index contributed by atoms with van der Waals surface area (Å²) in [5, 5.41) is 4.12. The van der Waals surface area contributed by atoms with E-state index in [1.165, 1.54) is 0 Å². The van der Waals surface area contributed by atoms with Gasteiger partial charge in [-0.2, -0.15) is 0 Å². The van der Waals surface area contributed by atoms with Crippen LogP contribution in [-0.2, 0) is 17.9 Å². The van der Waals surface area contributed by atoms with Crippen LogP contribution in [0, 0.1) is 0 Å². The number of nitrogens with one attached hydrogen (secondary N) is 1. The van der Waals surface area contributed by atoms with Crippen molar-refractivity contribution in [2.24, 2.45) is 0 Å². The van der Waals surface area contributed by atoms with Crippen molar-refractivity contribution in [1.82, 2.24) is 5.32 Å². The number of methoxy groups -OCH3 is 1. The van der Waals surface area contributed by atoms with Crippen molar-refractivity contribution in [2.75, 3.05) is 26.9 Å². The Morgan fingerprint density at radius 2 is 1.81 bits per heavy atom. The van der Waals surface area contributed by atoms with E-state index in [2.05, 4.69) is 27.3 Å². The Bertz CT molecular complexity index is 684. The molecule has 0 heterocycles. The predicted octanol–water partition coefficient (Wildman–Crippen LogP) is 5.63. The van der Waals surface area contributed by atoms with Crippen molar-refractivity contribution in [3.8, 4) is 11.5 Å². The average molecular weight is 479 g/mol. The second kappa shape index (κ2) is 13.2. The van der Waals surface area contributed by atoms with Gasteiger partial charge in [-0.1, -0.05) is 23.7 Å². The molecule has 0 spiro atoms. The van der Waals surface area contributed by atoms with Gasteiger partial charge in [-0.15, -0.1) is 12.4 Å². The van der Waals surface area contributed by atoms with E-state index in [1.807, 2.05) is 37.3 Å². The molecule has 0 amide bonds.